The second-order valence-electron chi connectivity index (χ2n) is 7.26. The fourth-order valence-electron chi connectivity index (χ4n) is 4.08. The van der Waals surface area contributed by atoms with Crippen molar-refractivity contribution >= 4 is 21.3 Å². The number of piperidine rings is 1. The second kappa shape index (κ2) is 6.60. The first-order valence-electron chi connectivity index (χ1n) is 9.37. The molecule has 4 aromatic rings. The van der Waals surface area contributed by atoms with Gasteiger partial charge in [-0.1, -0.05) is 6.07 Å². The molecule has 0 aromatic carbocycles. The first-order chi connectivity index (χ1) is 14.0. The molecule has 0 unspecified atom stereocenters. The van der Waals surface area contributed by atoms with Gasteiger partial charge in [0.05, 0.1) is 6.20 Å². The molecule has 1 saturated heterocycles. The number of hydrogen-bond acceptors (Lipinski definition) is 5. The van der Waals surface area contributed by atoms with Crippen LogP contribution in [0.15, 0.2) is 48.1 Å². The van der Waals surface area contributed by atoms with Crippen molar-refractivity contribution in [2.75, 3.05) is 13.1 Å². The van der Waals surface area contributed by atoms with Crippen LogP contribution in [0.5, 0.6) is 0 Å². The van der Waals surface area contributed by atoms with Crippen molar-refractivity contribution in [3.05, 3.63) is 60.1 Å². The van der Waals surface area contributed by atoms with Crippen LogP contribution in [0.3, 0.4) is 0 Å². The van der Waals surface area contributed by atoms with E-state index in [0.717, 1.165) is 5.56 Å². The molecule has 0 atom stereocenters. The molecule has 5 rings (SSSR count). The van der Waals surface area contributed by atoms with E-state index in [4.69, 9.17) is 0 Å². The summed E-state index contributed by atoms with van der Waals surface area (Å²) in [5, 5.41) is 4.21. The zero-order valence-corrected chi connectivity index (χ0v) is 16.5. The Bertz CT molecular complexity index is 1320. The van der Waals surface area contributed by atoms with Gasteiger partial charge in [0, 0.05) is 25.5 Å². The Balaban J connectivity index is 1.41. The van der Waals surface area contributed by atoms with Gasteiger partial charge in [0.2, 0.25) is 0 Å². The highest BCUT2D eigenvalue weighted by molar-refractivity contribution is 7.89. The van der Waals surface area contributed by atoms with Gasteiger partial charge in [-0.25, -0.2) is 27.3 Å². The molecule has 0 bridgehead atoms. The summed E-state index contributed by atoms with van der Waals surface area (Å²) in [6.45, 7) is 2.47. The first-order valence-corrected chi connectivity index (χ1v) is 10.8. The summed E-state index contributed by atoms with van der Waals surface area (Å²) >= 11 is 0. The van der Waals surface area contributed by atoms with Crippen molar-refractivity contribution in [3.8, 4) is 0 Å². The molecule has 0 spiro atoms. The van der Waals surface area contributed by atoms with Crippen molar-refractivity contribution in [2.24, 2.45) is 0 Å². The smallest absolute Gasteiger partial charge is 0.260 e. The quantitative estimate of drug-likeness (QED) is 0.514. The SMILES string of the molecule is Cc1c(C2CCN(S(=O)(=O)c3cnc4ccccn34)CC2)cn2ncnc2c1F. The molecule has 0 N–H and O–H groups in total. The maximum absolute atomic E-state index is 14.6. The van der Waals surface area contributed by atoms with Crippen LogP contribution in [0.1, 0.15) is 29.9 Å². The van der Waals surface area contributed by atoms with E-state index in [0.29, 0.717) is 37.1 Å². The fourth-order valence-corrected chi connectivity index (χ4v) is 5.62. The topological polar surface area (TPSA) is 84.9 Å². The van der Waals surface area contributed by atoms with Gasteiger partial charge in [-0.2, -0.15) is 9.40 Å². The van der Waals surface area contributed by atoms with Crippen LogP contribution in [-0.2, 0) is 10.0 Å². The molecular formula is C19H19FN6O2S. The molecule has 1 aliphatic rings. The monoisotopic (exact) mass is 414 g/mol. The van der Waals surface area contributed by atoms with E-state index in [9.17, 15) is 12.8 Å². The maximum atomic E-state index is 14.6. The first kappa shape index (κ1) is 18.2. The minimum atomic E-state index is -3.66. The highest BCUT2D eigenvalue weighted by Gasteiger charge is 2.33. The molecule has 150 valence electrons. The van der Waals surface area contributed by atoms with Crippen LogP contribution in [0, 0.1) is 12.7 Å². The summed E-state index contributed by atoms with van der Waals surface area (Å²) in [6.07, 6.45) is 7.44. The number of imidazole rings is 1. The third-order valence-electron chi connectivity index (χ3n) is 5.67. The number of fused-ring (bicyclic) bond motifs is 2. The summed E-state index contributed by atoms with van der Waals surface area (Å²) in [4.78, 5) is 8.13. The van der Waals surface area contributed by atoms with E-state index >= 15 is 0 Å². The average Bonchev–Trinajstić information content (AvgIpc) is 3.38. The van der Waals surface area contributed by atoms with Crippen molar-refractivity contribution in [2.45, 2.75) is 30.7 Å². The molecule has 29 heavy (non-hydrogen) atoms. The highest BCUT2D eigenvalue weighted by atomic mass is 32.2. The summed E-state index contributed by atoms with van der Waals surface area (Å²) in [5.41, 5.74) is 2.20. The molecule has 1 aliphatic heterocycles. The Morgan fingerprint density at radius 1 is 1.17 bits per heavy atom. The number of aromatic nitrogens is 5. The van der Waals surface area contributed by atoms with E-state index in [2.05, 4.69) is 15.1 Å². The minimum absolute atomic E-state index is 0.0618. The van der Waals surface area contributed by atoms with Crippen molar-refractivity contribution in [1.29, 1.82) is 0 Å². The second-order valence-corrected chi connectivity index (χ2v) is 9.14. The molecule has 0 radical (unpaired) electrons. The molecule has 0 amide bonds. The van der Waals surface area contributed by atoms with E-state index < -0.39 is 10.0 Å². The van der Waals surface area contributed by atoms with Crippen LogP contribution in [0.2, 0.25) is 0 Å². The number of pyridine rings is 2. The van der Waals surface area contributed by atoms with Gasteiger partial charge < -0.3 is 0 Å². The zero-order chi connectivity index (χ0) is 20.2. The molecule has 0 aliphatic carbocycles. The standard InChI is InChI=1S/C19H19FN6O2S/c1-13-15(11-26-19(18(13)20)22-12-23-26)14-5-8-24(9-6-14)29(27,28)17-10-21-16-4-2-3-7-25(16)17/h2-4,7,10-12,14H,5-6,8-9H2,1H3. The van der Waals surface area contributed by atoms with E-state index in [1.54, 1.807) is 35.9 Å². The molecular weight excluding hydrogens is 395 g/mol. The van der Waals surface area contributed by atoms with Crippen LogP contribution in [-0.4, -0.2) is 49.8 Å². The van der Waals surface area contributed by atoms with Gasteiger partial charge in [-0.3, -0.25) is 4.40 Å². The highest BCUT2D eigenvalue weighted by Crippen LogP contribution is 2.33. The Morgan fingerprint density at radius 3 is 2.76 bits per heavy atom. The number of halogens is 1. The van der Waals surface area contributed by atoms with E-state index in [-0.39, 0.29) is 22.4 Å². The van der Waals surface area contributed by atoms with E-state index in [1.165, 1.54) is 21.3 Å². The number of sulfonamides is 1. The Kier molecular flexibility index (Phi) is 4.14. The Labute approximate surface area is 166 Å². The third kappa shape index (κ3) is 2.82. The molecule has 5 heterocycles. The lowest BCUT2D eigenvalue weighted by Gasteiger charge is -2.31. The summed E-state index contributed by atoms with van der Waals surface area (Å²) in [7, 11) is -3.66. The van der Waals surface area contributed by atoms with Gasteiger partial charge in [-0.05, 0) is 48.9 Å². The van der Waals surface area contributed by atoms with Crippen molar-refractivity contribution < 1.29 is 12.8 Å². The predicted octanol–water partition coefficient (Wildman–Crippen LogP) is 2.39. The predicted molar refractivity (Wildman–Crippen MR) is 104 cm³/mol. The fraction of sp³-hybridized carbons (Fsp3) is 0.316. The van der Waals surface area contributed by atoms with Crippen LogP contribution >= 0.6 is 0 Å². The molecule has 10 heteroatoms. The average molecular weight is 414 g/mol. The summed E-state index contributed by atoms with van der Waals surface area (Å²) in [6, 6.07) is 5.36. The number of hydrogen-bond donors (Lipinski definition) is 0. The van der Waals surface area contributed by atoms with E-state index in [1.807, 2.05) is 6.07 Å². The summed E-state index contributed by atoms with van der Waals surface area (Å²) < 4.78 is 45.4. The van der Waals surface area contributed by atoms with Gasteiger partial charge in [0.1, 0.15) is 12.0 Å². The van der Waals surface area contributed by atoms with Crippen LogP contribution < -0.4 is 0 Å². The van der Waals surface area contributed by atoms with Gasteiger partial charge in [-0.15, -0.1) is 0 Å². The lowest BCUT2D eigenvalue weighted by Crippen LogP contribution is -2.38. The molecule has 8 nitrogen and oxygen atoms in total. The number of nitrogens with zero attached hydrogens (tertiary/aromatic N) is 6. The Morgan fingerprint density at radius 2 is 1.97 bits per heavy atom. The Hall–Kier alpha value is -2.85. The van der Waals surface area contributed by atoms with Gasteiger partial charge >= 0.3 is 0 Å². The lowest BCUT2D eigenvalue weighted by atomic mass is 9.88. The maximum Gasteiger partial charge on any atom is 0.260 e. The van der Waals surface area contributed by atoms with Gasteiger partial charge in [0.25, 0.3) is 10.0 Å². The zero-order valence-electron chi connectivity index (χ0n) is 15.7. The normalized spacial score (nSPS) is 16.8. The van der Waals surface area contributed by atoms with Crippen molar-refractivity contribution in [1.82, 2.24) is 28.3 Å². The van der Waals surface area contributed by atoms with Crippen molar-refractivity contribution in [3.63, 3.8) is 0 Å². The molecule has 1 fully saturated rings. The largest absolute Gasteiger partial charge is 0.289 e. The molecule has 0 saturated carbocycles. The van der Waals surface area contributed by atoms with Crippen LogP contribution in [0.25, 0.3) is 11.3 Å². The minimum Gasteiger partial charge on any atom is -0.289 e. The number of rotatable bonds is 3. The van der Waals surface area contributed by atoms with Gasteiger partial charge in [0.15, 0.2) is 16.5 Å². The van der Waals surface area contributed by atoms with Crippen LogP contribution in [0.4, 0.5) is 4.39 Å². The summed E-state index contributed by atoms with van der Waals surface area (Å²) in [5.74, 6) is -0.312. The lowest BCUT2D eigenvalue weighted by molar-refractivity contribution is 0.317. The molecule has 4 aromatic heterocycles. The third-order valence-corrected chi connectivity index (χ3v) is 7.55.